The van der Waals surface area contributed by atoms with Crippen LogP contribution in [0.3, 0.4) is 0 Å². The highest BCUT2D eigenvalue weighted by Crippen LogP contribution is 2.35. The molecule has 5 heterocycles. The first kappa shape index (κ1) is 32.8. The summed E-state index contributed by atoms with van der Waals surface area (Å²) in [5.74, 6) is 2.12. The standard InChI is InChI=1S/C36H44N8O4/c1-36(2,3)48-34(45)29(42-35(46)47-23-25-10-5-4-6-11-25)22-38-32-30(43-18-7-8-19-43)33(40-24-39-32)44-20-15-26(16-21-44)28-14-13-27-12-9-17-37-31(27)41-28/h4-8,10-11,13-14,18-19,24,26,29H,9,12,15-17,20-23H2,1-3H3,(H,37,41)(H,42,46)(H,38,39,40). The Morgan fingerprint density at radius 1 is 1.02 bits per heavy atom. The Morgan fingerprint density at radius 2 is 1.79 bits per heavy atom. The molecule has 2 aliphatic heterocycles. The third-order valence-electron chi connectivity index (χ3n) is 8.46. The minimum atomic E-state index is -1.04. The van der Waals surface area contributed by atoms with Gasteiger partial charge in [-0.2, -0.15) is 0 Å². The molecule has 0 radical (unpaired) electrons. The summed E-state index contributed by atoms with van der Waals surface area (Å²) >= 11 is 0. The summed E-state index contributed by atoms with van der Waals surface area (Å²) in [6.07, 6.45) is 8.79. The number of fused-ring (bicyclic) bond motifs is 1. The number of alkyl carbamates (subject to hydrolysis) is 1. The highest BCUT2D eigenvalue weighted by Gasteiger charge is 2.30. The number of hydrogen-bond donors (Lipinski definition) is 3. The summed E-state index contributed by atoms with van der Waals surface area (Å²) in [6.45, 7) is 8.02. The molecule has 0 bridgehead atoms. The van der Waals surface area contributed by atoms with Crippen LogP contribution in [0, 0.1) is 0 Å². The van der Waals surface area contributed by atoms with Gasteiger partial charge in [0.05, 0.1) is 0 Å². The fourth-order valence-electron chi connectivity index (χ4n) is 6.08. The van der Waals surface area contributed by atoms with E-state index in [4.69, 9.17) is 19.4 Å². The van der Waals surface area contributed by atoms with Crippen LogP contribution in [0.4, 0.5) is 22.2 Å². The Labute approximate surface area is 281 Å². The van der Waals surface area contributed by atoms with Crippen molar-refractivity contribution in [1.29, 1.82) is 0 Å². The van der Waals surface area contributed by atoms with E-state index >= 15 is 0 Å². The third kappa shape index (κ3) is 8.23. The average molecular weight is 653 g/mol. The van der Waals surface area contributed by atoms with Crippen LogP contribution in [0.15, 0.2) is 73.3 Å². The largest absolute Gasteiger partial charge is 0.458 e. The molecule has 0 spiro atoms. The first-order chi connectivity index (χ1) is 23.2. The first-order valence-electron chi connectivity index (χ1n) is 16.6. The molecular formula is C36H44N8O4. The van der Waals surface area contributed by atoms with E-state index in [0.717, 1.165) is 73.9 Å². The lowest BCUT2D eigenvalue weighted by molar-refractivity contribution is -0.156. The highest BCUT2D eigenvalue weighted by atomic mass is 16.6. The minimum Gasteiger partial charge on any atom is -0.458 e. The minimum absolute atomic E-state index is 0.0141. The number of carbonyl (C=O) groups is 2. The van der Waals surface area contributed by atoms with Gasteiger partial charge in [-0.15, -0.1) is 0 Å². The maximum absolute atomic E-state index is 13.3. The number of amides is 1. The van der Waals surface area contributed by atoms with Gasteiger partial charge in [-0.1, -0.05) is 36.4 Å². The number of rotatable bonds is 10. The molecule has 3 N–H and O–H groups in total. The second-order valence-electron chi connectivity index (χ2n) is 13.2. The number of carbonyl (C=O) groups excluding carboxylic acids is 2. The first-order valence-corrected chi connectivity index (χ1v) is 16.6. The molecule has 12 nitrogen and oxygen atoms in total. The number of aryl methyl sites for hydroxylation is 1. The fraction of sp³-hybridized carbons (Fsp3) is 0.417. The molecule has 1 saturated heterocycles. The van der Waals surface area contributed by atoms with Crippen molar-refractivity contribution in [3.8, 4) is 5.69 Å². The Hall–Kier alpha value is -5.13. The van der Waals surface area contributed by atoms with Crippen LogP contribution < -0.4 is 20.9 Å². The molecule has 1 amide bonds. The van der Waals surface area contributed by atoms with Crippen LogP contribution in [-0.2, 0) is 27.3 Å². The number of benzene rings is 1. The lowest BCUT2D eigenvalue weighted by Gasteiger charge is -2.34. The fourth-order valence-corrected chi connectivity index (χ4v) is 6.08. The third-order valence-corrected chi connectivity index (χ3v) is 8.46. The number of pyridine rings is 1. The molecule has 1 aromatic carbocycles. The van der Waals surface area contributed by atoms with Crippen molar-refractivity contribution in [2.45, 2.75) is 70.6 Å². The van der Waals surface area contributed by atoms with Gasteiger partial charge in [0, 0.05) is 50.2 Å². The SMILES string of the molecule is CC(C)(C)OC(=O)C(CNc1ncnc(N2CCC(c3ccc4c(n3)NCCC4)CC2)c1-n1cccc1)NC(=O)OCc1ccccc1. The number of anilines is 3. The van der Waals surface area contributed by atoms with Gasteiger partial charge in [0.15, 0.2) is 11.6 Å². The smallest absolute Gasteiger partial charge is 0.408 e. The van der Waals surface area contributed by atoms with Crippen molar-refractivity contribution >= 4 is 29.5 Å². The van der Waals surface area contributed by atoms with Crippen LogP contribution in [0.1, 0.15) is 62.8 Å². The van der Waals surface area contributed by atoms with Gasteiger partial charge in [0.25, 0.3) is 0 Å². The zero-order valence-electron chi connectivity index (χ0n) is 27.8. The molecule has 6 rings (SSSR count). The monoisotopic (exact) mass is 652 g/mol. The quantitative estimate of drug-likeness (QED) is 0.190. The molecule has 12 heteroatoms. The number of piperidine rings is 1. The van der Waals surface area contributed by atoms with Crippen LogP contribution in [0.5, 0.6) is 0 Å². The summed E-state index contributed by atoms with van der Waals surface area (Å²) in [5, 5.41) is 9.45. The van der Waals surface area contributed by atoms with Gasteiger partial charge >= 0.3 is 12.1 Å². The van der Waals surface area contributed by atoms with Crippen molar-refractivity contribution in [3.05, 3.63) is 90.1 Å². The zero-order valence-corrected chi connectivity index (χ0v) is 27.8. The second kappa shape index (κ2) is 14.7. The summed E-state index contributed by atoms with van der Waals surface area (Å²) in [7, 11) is 0. The number of esters is 1. The topological polar surface area (TPSA) is 136 Å². The highest BCUT2D eigenvalue weighted by molar-refractivity contribution is 5.82. The van der Waals surface area contributed by atoms with Crippen molar-refractivity contribution < 1.29 is 19.1 Å². The van der Waals surface area contributed by atoms with Gasteiger partial charge < -0.3 is 34.9 Å². The van der Waals surface area contributed by atoms with Crippen LogP contribution in [0.25, 0.3) is 5.69 Å². The summed E-state index contributed by atoms with van der Waals surface area (Å²) in [5.41, 5.74) is 3.28. The molecule has 48 heavy (non-hydrogen) atoms. The van der Waals surface area contributed by atoms with Crippen LogP contribution in [0.2, 0.25) is 0 Å². The van der Waals surface area contributed by atoms with Crippen LogP contribution in [-0.4, -0.2) is 69.4 Å². The Balaban J connectivity index is 1.17. The molecule has 0 saturated carbocycles. The predicted molar refractivity (Wildman–Crippen MR) is 184 cm³/mol. The maximum atomic E-state index is 13.3. The van der Waals surface area contributed by atoms with E-state index in [1.54, 1.807) is 20.8 Å². The van der Waals surface area contributed by atoms with Gasteiger partial charge in [0.2, 0.25) is 0 Å². The lowest BCUT2D eigenvalue weighted by atomic mass is 9.92. The van der Waals surface area contributed by atoms with Gasteiger partial charge in [-0.25, -0.2) is 24.5 Å². The molecular weight excluding hydrogens is 608 g/mol. The van der Waals surface area contributed by atoms with Gasteiger partial charge in [-0.3, -0.25) is 0 Å². The van der Waals surface area contributed by atoms with E-state index in [1.165, 1.54) is 11.9 Å². The summed E-state index contributed by atoms with van der Waals surface area (Å²) in [6, 6.07) is 16.6. The van der Waals surface area contributed by atoms with Crippen molar-refractivity contribution in [1.82, 2.24) is 24.8 Å². The number of aromatic nitrogens is 4. The molecule has 252 valence electrons. The molecule has 2 aliphatic rings. The second-order valence-corrected chi connectivity index (χ2v) is 13.2. The van der Waals surface area contributed by atoms with Gasteiger partial charge in [-0.05, 0) is 75.8 Å². The van der Waals surface area contributed by atoms with E-state index in [-0.39, 0.29) is 13.2 Å². The summed E-state index contributed by atoms with van der Waals surface area (Å²) in [4.78, 5) is 42.6. The summed E-state index contributed by atoms with van der Waals surface area (Å²) < 4.78 is 13.0. The van der Waals surface area contributed by atoms with E-state index in [9.17, 15) is 9.59 Å². The van der Waals surface area contributed by atoms with E-state index in [2.05, 4.69) is 38.0 Å². The van der Waals surface area contributed by atoms with Crippen molar-refractivity contribution in [2.24, 2.45) is 0 Å². The Morgan fingerprint density at radius 3 is 2.54 bits per heavy atom. The molecule has 3 aromatic heterocycles. The molecule has 0 aliphatic carbocycles. The maximum Gasteiger partial charge on any atom is 0.408 e. The lowest BCUT2D eigenvalue weighted by Crippen LogP contribution is -2.48. The van der Waals surface area contributed by atoms with Gasteiger partial charge in [0.1, 0.15) is 36.1 Å². The van der Waals surface area contributed by atoms with E-state index in [0.29, 0.717) is 11.7 Å². The van der Waals surface area contributed by atoms with Crippen LogP contribution >= 0.6 is 0 Å². The molecule has 4 aromatic rings. The van der Waals surface area contributed by atoms with E-state index < -0.39 is 23.7 Å². The molecule has 1 unspecified atom stereocenters. The number of ether oxygens (including phenoxy) is 2. The molecule has 1 fully saturated rings. The predicted octanol–water partition coefficient (Wildman–Crippen LogP) is 5.45. The Kier molecular flexibility index (Phi) is 10.1. The van der Waals surface area contributed by atoms with Crippen molar-refractivity contribution in [2.75, 3.05) is 41.7 Å². The zero-order chi connectivity index (χ0) is 33.5. The Bertz CT molecular complexity index is 1680. The number of hydrogen-bond acceptors (Lipinski definition) is 10. The van der Waals surface area contributed by atoms with Crippen molar-refractivity contribution in [3.63, 3.8) is 0 Å². The average Bonchev–Trinajstić information content (AvgIpc) is 3.63. The van der Waals surface area contributed by atoms with E-state index in [1.807, 2.05) is 59.4 Å². The molecule has 1 atom stereocenters. The number of nitrogens with zero attached hydrogens (tertiary/aromatic N) is 5. The number of nitrogens with one attached hydrogen (secondary N) is 3. The normalized spacial score (nSPS) is 15.5.